The smallest absolute Gasteiger partial charge is 0.187 e. The van der Waals surface area contributed by atoms with E-state index in [0.29, 0.717) is 5.78 Å². The molecule has 2 rings (SSSR count). The van der Waals surface area contributed by atoms with Gasteiger partial charge in [0.25, 0.3) is 0 Å². The molecule has 2 aliphatic heterocycles. The maximum atomic E-state index is 12.5. The lowest BCUT2D eigenvalue weighted by atomic mass is 10.0. The van der Waals surface area contributed by atoms with Crippen LogP contribution in [0.1, 0.15) is 38.5 Å². The first kappa shape index (κ1) is 12.8. The zero-order valence-corrected chi connectivity index (χ0v) is 11.5. The highest BCUT2D eigenvalue weighted by molar-refractivity contribution is 8.02. The molecule has 2 saturated heterocycles. The number of methoxy groups -OCH3 is 1. The quantitative estimate of drug-likeness (QED) is 0.779. The van der Waals surface area contributed by atoms with E-state index in [9.17, 15) is 4.79 Å². The third-order valence-corrected chi connectivity index (χ3v) is 6.32. The number of ether oxygens (including phenoxy) is 1. The van der Waals surface area contributed by atoms with E-state index in [0.717, 1.165) is 30.8 Å². The van der Waals surface area contributed by atoms with Crippen molar-refractivity contribution >= 4 is 29.3 Å². The van der Waals surface area contributed by atoms with Crippen LogP contribution >= 0.6 is 23.5 Å². The molecule has 0 spiro atoms. The summed E-state index contributed by atoms with van der Waals surface area (Å²) in [4.78, 5) is 12.0. The molecule has 0 bridgehead atoms. The Balaban J connectivity index is 2.04. The SMILES string of the molecule is COC1(C(=O)C2CCCCS2)CCCCS1. The zero-order chi connectivity index (χ0) is 11.4. The molecule has 0 amide bonds. The summed E-state index contributed by atoms with van der Waals surface area (Å²) in [6.45, 7) is 0. The third kappa shape index (κ3) is 2.59. The van der Waals surface area contributed by atoms with Gasteiger partial charge in [0.15, 0.2) is 10.7 Å². The van der Waals surface area contributed by atoms with E-state index in [4.69, 9.17) is 4.74 Å². The van der Waals surface area contributed by atoms with Crippen LogP contribution in [-0.2, 0) is 9.53 Å². The number of Topliss-reactive ketones (excluding diaryl/α,β-unsaturated/α-hetero) is 1. The maximum Gasteiger partial charge on any atom is 0.187 e. The van der Waals surface area contributed by atoms with Gasteiger partial charge in [-0.3, -0.25) is 4.79 Å². The van der Waals surface area contributed by atoms with Crippen molar-refractivity contribution in [1.82, 2.24) is 0 Å². The summed E-state index contributed by atoms with van der Waals surface area (Å²) in [7, 11) is 1.70. The molecule has 92 valence electrons. The predicted molar refractivity (Wildman–Crippen MR) is 71.2 cm³/mol. The Morgan fingerprint density at radius 3 is 2.62 bits per heavy atom. The second-order valence-corrected chi connectivity index (χ2v) is 7.15. The first-order valence-corrected chi connectivity index (χ1v) is 8.17. The first-order chi connectivity index (χ1) is 7.78. The van der Waals surface area contributed by atoms with Crippen molar-refractivity contribution in [2.24, 2.45) is 0 Å². The maximum absolute atomic E-state index is 12.5. The number of carbonyl (C=O) groups excluding carboxylic acids is 1. The highest BCUT2D eigenvalue weighted by Gasteiger charge is 2.44. The summed E-state index contributed by atoms with van der Waals surface area (Å²) in [6, 6.07) is 0. The van der Waals surface area contributed by atoms with E-state index in [-0.39, 0.29) is 5.25 Å². The minimum Gasteiger partial charge on any atom is -0.360 e. The molecule has 0 aromatic carbocycles. The minimum atomic E-state index is -0.507. The second kappa shape index (κ2) is 5.78. The molecule has 0 aromatic rings. The van der Waals surface area contributed by atoms with Crippen LogP contribution < -0.4 is 0 Å². The minimum absolute atomic E-state index is 0.194. The fraction of sp³-hybridized carbons (Fsp3) is 0.917. The van der Waals surface area contributed by atoms with Gasteiger partial charge in [-0.2, -0.15) is 11.8 Å². The fourth-order valence-electron chi connectivity index (χ4n) is 2.42. The number of carbonyl (C=O) groups is 1. The Bertz CT molecular complexity index is 243. The van der Waals surface area contributed by atoms with Gasteiger partial charge in [0.1, 0.15) is 0 Å². The Hall–Kier alpha value is 0.330. The van der Waals surface area contributed by atoms with Crippen LogP contribution in [0.4, 0.5) is 0 Å². The number of hydrogen-bond acceptors (Lipinski definition) is 4. The van der Waals surface area contributed by atoms with Crippen LogP contribution in [0.25, 0.3) is 0 Å². The molecule has 2 fully saturated rings. The molecule has 0 N–H and O–H groups in total. The van der Waals surface area contributed by atoms with Gasteiger partial charge in [-0.1, -0.05) is 6.42 Å². The summed E-state index contributed by atoms with van der Waals surface area (Å²) in [6.07, 6.45) is 6.78. The molecule has 16 heavy (non-hydrogen) atoms. The average molecular weight is 260 g/mol. The van der Waals surface area contributed by atoms with Crippen LogP contribution in [-0.4, -0.2) is 34.6 Å². The van der Waals surface area contributed by atoms with Crippen LogP contribution in [0, 0.1) is 0 Å². The highest BCUT2D eigenvalue weighted by atomic mass is 32.2. The summed E-state index contributed by atoms with van der Waals surface area (Å²) in [5.41, 5.74) is 0. The summed E-state index contributed by atoms with van der Waals surface area (Å²) in [5, 5.41) is 0.194. The van der Waals surface area contributed by atoms with E-state index in [1.807, 2.05) is 11.8 Å². The molecule has 2 nitrogen and oxygen atoms in total. The number of rotatable bonds is 3. The van der Waals surface area contributed by atoms with Gasteiger partial charge in [0, 0.05) is 7.11 Å². The summed E-state index contributed by atoms with van der Waals surface area (Å²) in [5.74, 6) is 2.56. The second-order valence-electron chi connectivity index (χ2n) is 4.48. The topological polar surface area (TPSA) is 26.3 Å². The number of thioether (sulfide) groups is 2. The van der Waals surface area contributed by atoms with Crippen molar-refractivity contribution in [3.63, 3.8) is 0 Å². The number of hydrogen-bond donors (Lipinski definition) is 0. The van der Waals surface area contributed by atoms with Crippen molar-refractivity contribution in [1.29, 1.82) is 0 Å². The van der Waals surface area contributed by atoms with Crippen molar-refractivity contribution in [2.45, 2.75) is 48.7 Å². The van der Waals surface area contributed by atoms with Crippen molar-refractivity contribution in [3.8, 4) is 0 Å². The molecule has 4 heteroatoms. The number of ketones is 1. The van der Waals surface area contributed by atoms with Gasteiger partial charge in [-0.25, -0.2) is 0 Å². The van der Waals surface area contributed by atoms with Crippen LogP contribution in [0.2, 0.25) is 0 Å². The Labute approximate surface area is 106 Å². The fourth-order valence-corrected chi connectivity index (χ4v) is 5.19. The molecule has 2 atom stereocenters. The van der Waals surface area contributed by atoms with E-state index in [1.165, 1.54) is 19.3 Å². The zero-order valence-electron chi connectivity index (χ0n) is 9.87. The van der Waals surface area contributed by atoms with E-state index >= 15 is 0 Å². The van der Waals surface area contributed by atoms with Crippen LogP contribution in [0.3, 0.4) is 0 Å². The Morgan fingerprint density at radius 2 is 2.06 bits per heavy atom. The lowest BCUT2D eigenvalue weighted by molar-refractivity contribution is -0.132. The molecule has 2 unspecified atom stereocenters. The monoisotopic (exact) mass is 260 g/mol. The molecular weight excluding hydrogens is 240 g/mol. The Kier molecular flexibility index (Phi) is 4.62. The lowest BCUT2D eigenvalue weighted by Gasteiger charge is -2.37. The first-order valence-electron chi connectivity index (χ1n) is 6.13. The third-order valence-electron chi connectivity index (χ3n) is 3.41. The van der Waals surface area contributed by atoms with Crippen molar-refractivity contribution < 1.29 is 9.53 Å². The largest absolute Gasteiger partial charge is 0.360 e. The highest BCUT2D eigenvalue weighted by Crippen LogP contribution is 2.41. The predicted octanol–water partition coefficient (Wildman–Crippen LogP) is 3.10. The van der Waals surface area contributed by atoms with E-state index in [2.05, 4.69) is 0 Å². The standard InChI is InChI=1S/C12H20O2S2/c1-14-12(7-3-5-9-16-12)11(13)10-6-2-4-8-15-10/h10H,2-9H2,1H3. The lowest BCUT2D eigenvalue weighted by Crippen LogP contribution is -2.45. The van der Waals surface area contributed by atoms with Gasteiger partial charge in [0.2, 0.25) is 0 Å². The molecule has 0 aliphatic carbocycles. The van der Waals surface area contributed by atoms with Crippen LogP contribution in [0.5, 0.6) is 0 Å². The molecule has 0 radical (unpaired) electrons. The molecular formula is C12H20O2S2. The van der Waals surface area contributed by atoms with Gasteiger partial charge >= 0.3 is 0 Å². The molecule has 0 saturated carbocycles. The molecule has 2 aliphatic rings. The van der Waals surface area contributed by atoms with Gasteiger partial charge in [-0.05, 0) is 43.6 Å². The summed E-state index contributed by atoms with van der Waals surface area (Å²) < 4.78 is 5.59. The normalized spacial score (nSPS) is 35.9. The Morgan fingerprint density at radius 1 is 1.25 bits per heavy atom. The van der Waals surface area contributed by atoms with E-state index in [1.54, 1.807) is 18.9 Å². The molecule has 2 heterocycles. The average Bonchev–Trinajstić information content (AvgIpc) is 2.39. The van der Waals surface area contributed by atoms with Crippen molar-refractivity contribution in [2.75, 3.05) is 18.6 Å². The van der Waals surface area contributed by atoms with Crippen LogP contribution in [0.15, 0.2) is 0 Å². The van der Waals surface area contributed by atoms with Gasteiger partial charge in [0.05, 0.1) is 5.25 Å². The summed E-state index contributed by atoms with van der Waals surface area (Å²) >= 11 is 3.56. The van der Waals surface area contributed by atoms with Crippen molar-refractivity contribution in [3.05, 3.63) is 0 Å². The van der Waals surface area contributed by atoms with Gasteiger partial charge in [-0.15, -0.1) is 11.8 Å². The van der Waals surface area contributed by atoms with Gasteiger partial charge < -0.3 is 4.74 Å². The van der Waals surface area contributed by atoms with E-state index < -0.39 is 4.93 Å². The molecule has 0 aromatic heterocycles.